The van der Waals surface area contributed by atoms with Crippen molar-refractivity contribution in [3.63, 3.8) is 0 Å². The summed E-state index contributed by atoms with van der Waals surface area (Å²) in [6, 6.07) is 19.7. The number of benzene rings is 2. The van der Waals surface area contributed by atoms with Crippen LogP contribution in [0.5, 0.6) is 0 Å². The molecule has 2 heteroatoms. The molecule has 0 heterocycles. The second-order valence-electron chi connectivity index (χ2n) is 5.68. The van der Waals surface area contributed by atoms with E-state index in [1.54, 1.807) is 13.8 Å². The monoisotopic (exact) mass is 280 g/mol. The molecule has 108 valence electrons. The summed E-state index contributed by atoms with van der Waals surface area (Å²) in [6.07, 6.45) is 3.97. The predicted octanol–water partition coefficient (Wildman–Crippen LogP) is 4.59. The lowest BCUT2D eigenvalue weighted by atomic mass is 9.74. The maximum Gasteiger partial charge on any atom is 0.310 e. The summed E-state index contributed by atoms with van der Waals surface area (Å²) in [6.45, 7) is 3.53. The average molecular weight is 280 g/mol. The van der Waals surface area contributed by atoms with Crippen LogP contribution in [-0.2, 0) is 4.79 Å². The third-order valence-electron chi connectivity index (χ3n) is 3.77. The molecule has 0 fully saturated rings. The highest BCUT2D eigenvalue weighted by Gasteiger charge is 2.36. The molecular weight excluding hydrogens is 260 g/mol. The third kappa shape index (κ3) is 3.60. The Balaban J connectivity index is 2.38. The van der Waals surface area contributed by atoms with Gasteiger partial charge in [0.25, 0.3) is 0 Å². The first-order chi connectivity index (χ1) is 10.0. The number of aliphatic carboxylic acids is 1. The Morgan fingerprint density at radius 2 is 1.52 bits per heavy atom. The SMILES string of the molecule is CC(C)(C(=O)O)C(/C=C/c1ccccc1)c1ccccc1. The molecule has 2 aromatic rings. The maximum atomic E-state index is 11.6. The highest BCUT2D eigenvalue weighted by molar-refractivity contribution is 5.76. The molecule has 1 atom stereocenters. The van der Waals surface area contributed by atoms with E-state index in [2.05, 4.69) is 0 Å². The molecule has 0 aromatic heterocycles. The van der Waals surface area contributed by atoms with Gasteiger partial charge in [-0.25, -0.2) is 0 Å². The summed E-state index contributed by atoms with van der Waals surface area (Å²) in [4.78, 5) is 11.6. The third-order valence-corrected chi connectivity index (χ3v) is 3.77. The largest absolute Gasteiger partial charge is 0.481 e. The number of rotatable bonds is 5. The quantitative estimate of drug-likeness (QED) is 0.869. The van der Waals surface area contributed by atoms with Crippen molar-refractivity contribution in [3.8, 4) is 0 Å². The predicted molar refractivity (Wildman–Crippen MR) is 86.1 cm³/mol. The molecule has 2 aromatic carbocycles. The molecule has 0 saturated heterocycles. The molecule has 1 unspecified atom stereocenters. The van der Waals surface area contributed by atoms with Gasteiger partial charge in [-0.3, -0.25) is 4.79 Å². The number of allylic oxidation sites excluding steroid dienone is 1. The van der Waals surface area contributed by atoms with Gasteiger partial charge in [0.15, 0.2) is 0 Å². The van der Waals surface area contributed by atoms with E-state index in [1.165, 1.54) is 0 Å². The molecule has 0 aliphatic rings. The van der Waals surface area contributed by atoms with Crippen molar-refractivity contribution in [2.45, 2.75) is 19.8 Å². The van der Waals surface area contributed by atoms with Gasteiger partial charge in [-0.05, 0) is 25.0 Å². The molecule has 0 aliphatic heterocycles. The van der Waals surface area contributed by atoms with Gasteiger partial charge >= 0.3 is 5.97 Å². The molecule has 0 bridgehead atoms. The fourth-order valence-corrected chi connectivity index (χ4v) is 2.33. The van der Waals surface area contributed by atoms with Crippen LogP contribution in [0.2, 0.25) is 0 Å². The van der Waals surface area contributed by atoms with Gasteiger partial charge < -0.3 is 5.11 Å². The van der Waals surface area contributed by atoms with E-state index in [-0.39, 0.29) is 5.92 Å². The Morgan fingerprint density at radius 1 is 1.00 bits per heavy atom. The van der Waals surface area contributed by atoms with Gasteiger partial charge in [-0.2, -0.15) is 0 Å². The van der Waals surface area contributed by atoms with Crippen molar-refractivity contribution in [3.05, 3.63) is 77.9 Å². The minimum Gasteiger partial charge on any atom is -0.481 e. The van der Waals surface area contributed by atoms with Crippen molar-refractivity contribution >= 4 is 12.0 Å². The van der Waals surface area contributed by atoms with Crippen LogP contribution in [0.3, 0.4) is 0 Å². The van der Waals surface area contributed by atoms with Crippen molar-refractivity contribution in [1.29, 1.82) is 0 Å². The maximum absolute atomic E-state index is 11.6. The van der Waals surface area contributed by atoms with E-state index in [0.29, 0.717) is 0 Å². The molecule has 2 nitrogen and oxygen atoms in total. The summed E-state index contributed by atoms with van der Waals surface area (Å²) >= 11 is 0. The second-order valence-corrected chi connectivity index (χ2v) is 5.68. The lowest BCUT2D eigenvalue weighted by Gasteiger charge is -2.28. The van der Waals surface area contributed by atoms with Crippen LogP contribution in [0.25, 0.3) is 6.08 Å². The van der Waals surface area contributed by atoms with Crippen LogP contribution in [0.4, 0.5) is 0 Å². The molecule has 0 amide bonds. The molecular formula is C19H20O2. The fourth-order valence-electron chi connectivity index (χ4n) is 2.33. The lowest BCUT2D eigenvalue weighted by Crippen LogP contribution is -2.30. The zero-order valence-electron chi connectivity index (χ0n) is 12.4. The Kier molecular flexibility index (Phi) is 4.59. The fraction of sp³-hybridized carbons (Fsp3) is 0.211. The van der Waals surface area contributed by atoms with Gasteiger partial charge in [0.1, 0.15) is 0 Å². The topological polar surface area (TPSA) is 37.3 Å². The summed E-state index contributed by atoms with van der Waals surface area (Å²) in [5.41, 5.74) is 1.21. The molecule has 0 saturated carbocycles. The Morgan fingerprint density at radius 3 is 2.05 bits per heavy atom. The zero-order chi connectivity index (χ0) is 15.3. The van der Waals surface area contributed by atoms with Gasteiger partial charge in [-0.15, -0.1) is 0 Å². The highest BCUT2D eigenvalue weighted by atomic mass is 16.4. The van der Waals surface area contributed by atoms with Crippen LogP contribution in [0.1, 0.15) is 30.9 Å². The van der Waals surface area contributed by atoms with Gasteiger partial charge in [0.05, 0.1) is 5.41 Å². The van der Waals surface area contributed by atoms with Crippen LogP contribution in [-0.4, -0.2) is 11.1 Å². The summed E-state index contributed by atoms with van der Waals surface area (Å²) in [5, 5.41) is 9.54. The molecule has 1 N–H and O–H groups in total. The first-order valence-corrected chi connectivity index (χ1v) is 7.03. The standard InChI is InChI=1S/C19H20O2/c1-19(2,18(20)21)17(16-11-7-4-8-12-16)14-13-15-9-5-3-6-10-15/h3-14,17H,1-2H3,(H,20,21)/b14-13+. The first-order valence-electron chi connectivity index (χ1n) is 7.03. The number of carboxylic acid groups (broad SMARTS) is 1. The van der Waals surface area contributed by atoms with Crippen LogP contribution in [0.15, 0.2) is 66.7 Å². The van der Waals surface area contributed by atoms with E-state index in [0.717, 1.165) is 11.1 Å². The number of carboxylic acids is 1. The van der Waals surface area contributed by atoms with E-state index < -0.39 is 11.4 Å². The second kappa shape index (κ2) is 6.40. The zero-order valence-corrected chi connectivity index (χ0v) is 12.4. The summed E-state index contributed by atoms with van der Waals surface area (Å²) in [5.74, 6) is -0.981. The van der Waals surface area contributed by atoms with E-state index in [9.17, 15) is 9.90 Å². The Labute approximate surface area is 125 Å². The average Bonchev–Trinajstić information content (AvgIpc) is 2.49. The van der Waals surface area contributed by atoms with Crippen LogP contribution in [0, 0.1) is 5.41 Å². The first kappa shape index (κ1) is 15.0. The van der Waals surface area contributed by atoms with Gasteiger partial charge in [0.2, 0.25) is 0 Å². The summed E-state index contributed by atoms with van der Waals surface area (Å²) < 4.78 is 0. The number of hydrogen-bond donors (Lipinski definition) is 1. The van der Waals surface area contributed by atoms with Crippen molar-refractivity contribution in [2.75, 3.05) is 0 Å². The lowest BCUT2D eigenvalue weighted by molar-refractivity contribution is -0.147. The number of hydrogen-bond acceptors (Lipinski definition) is 1. The molecule has 0 aliphatic carbocycles. The van der Waals surface area contributed by atoms with Gasteiger partial charge in [0, 0.05) is 5.92 Å². The Bertz CT molecular complexity index is 613. The van der Waals surface area contributed by atoms with Crippen LogP contribution >= 0.6 is 0 Å². The molecule has 0 radical (unpaired) electrons. The van der Waals surface area contributed by atoms with E-state index >= 15 is 0 Å². The van der Waals surface area contributed by atoms with E-state index in [4.69, 9.17) is 0 Å². The minimum absolute atomic E-state index is 0.184. The van der Waals surface area contributed by atoms with Crippen molar-refractivity contribution in [1.82, 2.24) is 0 Å². The molecule has 0 spiro atoms. The molecule has 21 heavy (non-hydrogen) atoms. The van der Waals surface area contributed by atoms with Gasteiger partial charge in [-0.1, -0.05) is 72.8 Å². The smallest absolute Gasteiger partial charge is 0.310 e. The summed E-state index contributed by atoms with van der Waals surface area (Å²) in [7, 11) is 0. The minimum atomic E-state index is -0.868. The van der Waals surface area contributed by atoms with Crippen molar-refractivity contribution < 1.29 is 9.90 Å². The Hall–Kier alpha value is -2.35. The van der Waals surface area contributed by atoms with Crippen molar-refractivity contribution in [2.24, 2.45) is 5.41 Å². The van der Waals surface area contributed by atoms with E-state index in [1.807, 2.05) is 72.8 Å². The van der Waals surface area contributed by atoms with Crippen LogP contribution < -0.4 is 0 Å². The molecule has 2 rings (SSSR count). The normalized spacial score (nSPS) is 13.2. The highest BCUT2D eigenvalue weighted by Crippen LogP contribution is 2.37. The number of carbonyl (C=O) groups is 1.